The Morgan fingerprint density at radius 3 is 1.48 bits per heavy atom. The van der Waals surface area contributed by atoms with Gasteiger partial charge in [-0.2, -0.15) is 0 Å². The zero-order valence-corrected chi connectivity index (χ0v) is 28.1. The largest absolute Gasteiger partial charge is 0.368 e. The third-order valence-corrected chi connectivity index (χ3v) is 11.2. The third-order valence-electron chi connectivity index (χ3n) is 9.11. The highest BCUT2D eigenvalue weighted by molar-refractivity contribution is 7.14. The maximum Gasteiger partial charge on any atom is 0.322 e. The molecule has 0 radical (unpaired) electrons. The summed E-state index contributed by atoms with van der Waals surface area (Å²) >= 11 is 2.73. The highest BCUT2D eigenvalue weighted by Gasteiger charge is 2.35. The number of nitrogens with zero attached hydrogens (tertiary/aromatic N) is 6. The topological polar surface area (TPSA) is 125 Å². The molecule has 0 N–H and O–H groups in total. The fourth-order valence-electron chi connectivity index (χ4n) is 7.07. The SMILES string of the molecule is CC(=O)ON1CCc2nc(C(=O)N3CCc4c(-c5cccc6c5CCN6C(=O)c5nc6c(s5)CN(OC(C)=O)CC6)cccc43)sc2C1. The molecule has 2 amide bonds. The van der Waals surface area contributed by atoms with Crippen LogP contribution in [0, 0.1) is 0 Å². The van der Waals surface area contributed by atoms with Crippen molar-refractivity contribution in [1.29, 1.82) is 0 Å². The zero-order valence-electron chi connectivity index (χ0n) is 26.5. The molecule has 2 aromatic carbocycles. The van der Waals surface area contributed by atoms with Crippen LogP contribution in [-0.2, 0) is 58.0 Å². The van der Waals surface area contributed by atoms with E-state index in [1.165, 1.54) is 36.5 Å². The number of aromatic nitrogens is 2. The number of fused-ring (bicyclic) bond motifs is 4. The van der Waals surface area contributed by atoms with E-state index in [1.807, 2.05) is 34.1 Å². The minimum atomic E-state index is -0.361. The summed E-state index contributed by atoms with van der Waals surface area (Å²) in [5, 5.41) is 4.12. The maximum absolute atomic E-state index is 13.8. The Morgan fingerprint density at radius 1 is 0.625 bits per heavy atom. The summed E-state index contributed by atoms with van der Waals surface area (Å²) in [5.74, 6) is -0.969. The lowest BCUT2D eigenvalue weighted by atomic mass is 9.93. The van der Waals surface area contributed by atoms with Crippen LogP contribution < -0.4 is 9.80 Å². The molecule has 4 aliphatic rings. The summed E-state index contributed by atoms with van der Waals surface area (Å²) in [6, 6.07) is 12.2. The Hall–Kier alpha value is -4.50. The molecular formula is C34H32N6O6S2. The Bertz CT molecular complexity index is 1860. The van der Waals surface area contributed by atoms with Crippen molar-refractivity contribution in [2.45, 2.75) is 52.6 Å². The molecule has 4 aliphatic heterocycles. The van der Waals surface area contributed by atoms with Crippen LogP contribution in [0.3, 0.4) is 0 Å². The number of hydroxylamine groups is 4. The van der Waals surface area contributed by atoms with E-state index in [0.29, 0.717) is 75.0 Å². The first-order valence-corrected chi connectivity index (χ1v) is 17.6. The molecule has 48 heavy (non-hydrogen) atoms. The number of carbonyl (C=O) groups is 4. The van der Waals surface area contributed by atoms with E-state index >= 15 is 0 Å². The van der Waals surface area contributed by atoms with Crippen molar-refractivity contribution in [3.05, 3.63) is 78.7 Å². The molecule has 0 atom stereocenters. The van der Waals surface area contributed by atoms with E-state index in [1.54, 1.807) is 10.1 Å². The molecule has 246 valence electrons. The number of hydrogen-bond donors (Lipinski definition) is 0. The van der Waals surface area contributed by atoms with Gasteiger partial charge in [0.15, 0.2) is 10.0 Å². The highest BCUT2D eigenvalue weighted by Crippen LogP contribution is 2.43. The summed E-state index contributed by atoms with van der Waals surface area (Å²) in [7, 11) is 0. The number of carbonyl (C=O) groups excluding carboxylic acids is 4. The summed E-state index contributed by atoms with van der Waals surface area (Å²) in [6.07, 6.45) is 2.66. The van der Waals surface area contributed by atoms with Crippen molar-refractivity contribution in [2.24, 2.45) is 0 Å². The van der Waals surface area contributed by atoms with E-state index in [-0.39, 0.29) is 23.8 Å². The lowest BCUT2D eigenvalue weighted by Gasteiger charge is -2.23. The molecular weight excluding hydrogens is 653 g/mol. The number of thiazole rings is 2. The van der Waals surface area contributed by atoms with E-state index in [4.69, 9.17) is 19.6 Å². The minimum absolute atomic E-state index is 0.124. The molecule has 4 aromatic rings. The smallest absolute Gasteiger partial charge is 0.322 e. The lowest BCUT2D eigenvalue weighted by molar-refractivity contribution is -0.192. The van der Waals surface area contributed by atoms with Crippen LogP contribution in [0.2, 0.25) is 0 Å². The van der Waals surface area contributed by atoms with E-state index in [0.717, 1.165) is 54.8 Å². The van der Waals surface area contributed by atoms with Gasteiger partial charge >= 0.3 is 11.9 Å². The predicted octanol–water partition coefficient (Wildman–Crippen LogP) is 4.34. The van der Waals surface area contributed by atoms with Gasteiger partial charge in [0.05, 0.1) is 24.5 Å². The van der Waals surface area contributed by atoms with Gasteiger partial charge in [-0.1, -0.05) is 24.3 Å². The second kappa shape index (κ2) is 12.2. The Labute approximate surface area is 284 Å². The first-order valence-electron chi connectivity index (χ1n) is 16.0. The minimum Gasteiger partial charge on any atom is -0.368 e. The number of amides is 2. The van der Waals surface area contributed by atoms with Crippen molar-refractivity contribution in [1.82, 2.24) is 20.1 Å². The number of benzene rings is 2. The normalized spacial score (nSPS) is 17.0. The summed E-state index contributed by atoms with van der Waals surface area (Å²) < 4.78 is 0. The molecule has 0 fully saturated rings. The van der Waals surface area contributed by atoms with Gasteiger partial charge in [0.1, 0.15) is 0 Å². The van der Waals surface area contributed by atoms with Crippen molar-refractivity contribution in [3.63, 3.8) is 0 Å². The zero-order chi connectivity index (χ0) is 33.1. The molecule has 0 saturated heterocycles. The van der Waals surface area contributed by atoms with Crippen LogP contribution in [0.4, 0.5) is 11.4 Å². The molecule has 8 rings (SSSR count). The van der Waals surface area contributed by atoms with Gasteiger partial charge in [-0.15, -0.1) is 32.8 Å². The molecule has 12 nitrogen and oxygen atoms in total. The molecule has 0 spiro atoms. The van der Waals surface area contributed by atoms with Crippen LogP contribution >= 0.6 is 22.7 Å². The molecule has 2 aromatic heterocycles. The fourth-order valence-corrected chi connectivity index (χ4v) is 9.19. The van der Waals surface area contributed by atoms with E-state index < -0.39 is 0 Å². The van der Waals surface area contributed by atoms with Gasteiger partial charge in [0.25, 0.3) is 11.8 Å². The quantitative estimate of drug-likeness (QED) is 0.300. The molecule has 0 saturated carbocycles. The summed E-state index contributed by atoms with van der Waals surface area (Å²) in [5.41, 5.74) is 7.90. The van der Waals surface area contributed by atoms with Crippen LogP contribution in [-0.4, -0.2) is 70.0 Å². The van der Waals surface area contributed by atoms with Gasteiger partial charge in [0, 0.05) is 74.0 Å². The molecule has 0 unspecified atom stereocenters. The second-order valence-electron chi connectivity index (χ2n) is 12.2. The van der Waals surface area contributed by atoms with E-state index in [9.17, 15) is 19.2 Å². The van der Waals surface area contributed by atoms with Crippen molar-refractivity contribution in [3.8, 4) is 11.1 Å². The highest BCUT2D eigenvalue weighted by atomic mass is 32.1. The van der Waals surface area contributed by atoms with Gasteiger partial charge < -0.3 is 19.5 Å². The van der Waals surface area contributed by atoms with Crippen LogP contribution in [0.5, 0.6) is 0 Å². The molecule has 0 bridgehead atoms. The monoisotopic (exact) mass is 684 g/mol. The van der Waals surface area contributed by atoms with Gasteiger partial charge in [0.2, 0.25) is 0 Å². The number of anilines is 2. The van der Waals surface area contributed by atoms with Crippen molar-refractivity contribution in [2.75, 3.05) is 36.0 Å². The fraction of sp³-hybridized carbons (Fsp3) is 0.353. The third kappa shape index (κ3) is 5.48. The van der Waals surface area contributed by atoms with E-state index in [2.05, 4.69) is 12.1 Å². The summed E-state index contributed by atoms with van der Waals surface area (Å²) in [4.78, 5) is 75.9. The molecule has 6 heterocycles. The Balaban J connectivity index is 1.03. The Kier molecular flexibility index (Phi) is 7.82. The first kappa shape index (κ1) is 30.8. The average molecular weight is 685 g/mol. The number of hydrogen-bond acceptors (Lipinski definition) is 12. The van der Waals surface area contributed by atoms with Crippen LogP contribution in [0.1, 0.15) is 65.7 Å². The van der Waals surface area contributed by atoms with Crippen molar-refractivity contribution >= 4 is 57.8 Å². The average Bonchev–Trinajstić information content (AvgIpc) is 3.86. The maximum atomic E-state index is 13.8. The second-order valence-corrected chi connectivity index (χ2v) is 14.4. The molecule has 0 aliphatic carbocycles. The summed E-state index contributed by atoms with van der Waals surface area (Å²) in [6.45, 7) is 5.83. The van der Waals surface area contributed by atoms with Crippen LogP contribution in [0.25, 0.3) is 11.1 Å². The van der Waals surface area contributed by atoms with Gasteiger partial charge in [-0.25, -0.2) is 9.97 Å². The van der Waals surface area contributed by atoms with Crippen molar-refractivity contribution < 1.29 is 28.9 Å². The molecule has 14 heteroatoms. The van der Waals surface area contributed by atoms with Gasteiger partial charge in [-0.3, -0.25) is 19.2 Å². The lowest BCUT2D eigenvalue weighted by Crippen LogP contribution is -2.31. The number of rotatable bonds is 5. The van der Waals surface area contributed by atoms with Gasteiger partial charge in [-0.05, 0) is 47.2 Å². The standard InChI is InChI=1S/C34H32N6O6S2/c1-19(41)45-37-13-11-25-29(17-37)47-31(35-25)33(43)39-15-9-23-21(5-3-7-27(23)39)22-6-4-8-28-24(22)10-16-40(28)34(44)32-36-26-12-14-38(46-20(2)42)18-30(26)48-32/h3-8H,9-18H2,1-2H3. The Morgan fingerprint density at radius 2 is 1.06 bits per heavy atom. The predicted molar refractivity (Wildman–Crippen MR) is 179 cm³/mol. The van der Waals surface area contributed by atoms with Crippen LogP contribution in [0.15, 0.2) is 36.4 Å². The first-order chi connectivity index (χ1) is 23.2.